The van der Waals surface area contributed by atoms with E-state index in [4.69, 9.17) is 10.1 Å². The largest absolute Gasteiger partial charge is 0.328 e. The fourth-order valence-electron chi connectivity index (χ4n) is 4.46. The molecule has 5 heteroatoms. The third-order valence-corrected chi connectivity index (χ3v) is 5.72. The number of aryl methyl sites for hydroxylation is 1. The number of carbonyl (C=O) groups excluding carboxylic acids is 1. The van der Waals surface area contributed by atoms with Crippen LogP contribution >= 0.6 is 0 Å². The van der Waals surface area contributed by atoms with E-state index < -0.39 is 0 Å². The zero-order chi connectivity index (χ0) is 20.2. The summed E-state index contributed by atoms with van der Waals surface area (Å²) < 4.78 is 1.88. The van der Waals surface area contributed by atoms with Crippen LogP contribution in [0.15, 0.2) is 65.9 Å². The molecule has 1 aliphatic heterocycles. The van der Waals surface area contributed by atoms with Crippen LogP contribution in [-0.4, -0.2) is 20.5 Å². The van der Waals surface area contributed by atoms with Crippen LogP contribution in [0.3, 0.4) is 0 Å². The Kier molecular flexibility index (Phi) is 3.95. The van der Waals surface area contributed by atoms with Crippen molar-refractivity contribution in [3.8, 4) is 11.4 Å². The van der Waals surface area contributed by atoms with Gasteiger partial charge in [-0.15, -0.1) is 5.10 Å². The number of ketones is 1. The Bertz CT molecular complexity index is 1140. The number of hydrogen-bond donors (Lipinski definition) is 1. The molecule has 0 radical (unpaired) electrons. The minimum Gasteiger partial charge on any atom is -0.328 e. The van der Waals surface area contributed by atoms with Gasteiger partial charge < -0.3 is 5.32 Å². The van der Waals surface area contributed by atoms with Crippen LogP contribution in [0.2, 0.25) is 0 Å². The first-order valence-corrected chi connectivity index (χ1v) is 10.0. The van der Waals surface area contributed by atoms with Crippen LogP contribution in [0.1, 0.15) is 43.9 Å². The fourth-order valence-corrected chi connectivity index (χ4v) is 4.46. The van der Waals surface area contributed by atoms with E-state index in [1.165, 1.54) is 0 Å². The second-order valence-electron chi connectivity index (χ2n) is 8.84. The van der Waals surface area contributed by atoms with E-state index in [0.29, 0.717) is 18.2 Å². The van der Waals surface area contributed by atoms with E-state index in [2.05, 4.69) is 50.4 Å². The van der Waals surface area contributed by atoms with Crippen LogP contribution < -0.4 is 5.32 Å². The summed E-state index contributed by atoms with van der Waals surface area (Å²) in [6.07, 6.45) is 1.37. The maximum absolute atomic E-state index is 13.2. The number of carbonyl (C=O) groups is 1. The number of nitrogens with zero attached hydrogens (tertiary/aromatic N) is 3. The Balaban J connectivity index is 1.68. The molecule has 2 heterocycles. The molecule has 0 fully saturated rings. The molecule has 0 amide bonds. The monoisotopic (exact) mass is 384 g/mol. The molecule has 5 rings (SSSR count). The van der Waals surface area contributed by atoms with Crippen molar-refractivity contribution in [1.29, 1.82) is 0 Å². The van der Waals surface area contributed by atoms with Gasteiger partial charge >= 0.3 is 0 Å². The molecule has 1 aliphatic carbocycles. The molecule has 5 nitrogen and oxygen atoms in total. The molecule has 0 saturated heterocycles. The summed E-state index contributed by atoms with van der Waals surface area (Å²) in [5.41, 5.74) is 4.93. The lowest BCUT2D eigenvalue weighted by atomic mass is 9.73. The molecule has 3 aromatic rings. The summed E-state index contributed by atoms with van der Waals surface area (Å²) in [6, 6.07) is 18.1. The van der Waals surface area contributed by atoms with Crippen molar-refractivity contribution in [2.24, 2.45) is 5.41 Å². The molecule has 0 spiro atoms. The third-order valence-electron chi connectivity index (χ3n) is 5.72. The van der Waals surface area contributed by atoms with Crippen LogP contribution in [-0.2, 0) is 4.79 Å². The van der Waals surface area contributed by atoms with Crippen LogP contribution in [0.25, 0.3) is 11.4 Å². The zero-order valence-electron chi connectivity index (χ0n) is 16.9. The van der Waals surface area contributed by atoms with E-state index >= 15 is 0 Å². The number of aromatic nitrogens is 3. The first-order chi connectivity index (χ1) is 13.9. The van der Waals surface area contributed by atoms with Crippen LogP contribution in [0, 0.1) is 12.3 Å². The van der Waals surface area contributed by atoms with Crippen molar-refractivity contribution in [1.82, 2.24) is 14.8 Å². The lowest BCUT2D eigenvalue weighted by molar-refractivity contribution is -0.118. The Labute approximate surface area is 170 Å². The molecule has 29 heavy (non-hydrogen) atoms. The van der Waals surface area contributed by atoms with Crippen molar-refractivity contribution < 1.29 is 4.79 Å². The van der Waals surface area contributed by atoms with Crippen molar-refractivity contribution in [3.63, 3.8) is 0 Å². The first-order valence-electron chi connectivity index (χ1n) is 10.0. The molecule has 1 aromatic heterocycles. The number of allylic oxidation sites excluding steroid dienone is 2. The summed E-state index contributed by atoms with van der Waals surface area (Å²) in [5.74, 6) is 1.55. The van der Waals surface area contributed by atoms with Gasteiger partial charge in [-0.25, -0.2) is 4.68 Å². The van der Waals surface area contributed by atoms with Crippen molar-refractivity contribution in [2.45, 2.75) is 39.7 Å². The van der Waals surface area contributed by atoms with E-state index in [9.17, 15) is 4.79 Å². The Hall–Kier alpha value is -3.21. The zero-order valence-corrected chi connectivity index (χ0v) is 16.9. The molecule has 1 N–H and O–H groups in total. The van der Waals surface area contributed by atoms with Gasteiger partial charge in [-0.1, -0.05) is 67.9 Å². The molecule has 2 aliphatic rings. The highest BCUT2D eigenvalue weighted by Gasteiger charge is 2.41. The van der Waals surface area contributed by atoms with Crippen molar-refractivity contribution in [2.75, 3.05) is 5.32 Å². The SMILES string of the molecule is Cc1cccc(-c2nc3n(n2)C(c2ccccc2)C2=C(CC(C)(C)CC2=O)N3)c1. The third kappa shape index (κ3) is 3.07. The summed E-state index contributed by atoms with van der Waals surface area (Å²) in [5, 5.41) is 8.28. The van der Waals surface area contributed by atoms with Gasteiger partial charge in [0, 0.05) is 23.3 Å². The summed E-state index contributed by atoms with van der Waals surface area (Å²) in [4.78, 5) is 18.0. The van der Waals surface area contributed by atoms with Crippen LogP contribution in [0.4, 0.5) is 5.95 Å². The van der Waals surface area contributed by atoms with Gasteiger partial charge in [-0.05, 0) is 30.4 Å². The lowest BCUT2D eigenvalue weighted by Crippen LogP contribution is -2.36. The predicted molar refractivity (Wildman–Crippen MR) is 113 cm³/mol. The number of Topliss-reactive ketones (excluding diaryl/α,β-unsaturated/α-hetero) is 1. The maximum atomic E-state index is 13.2. The van der Waals surface area contributed by atoms with Gasteiger partial charge in [0.1, 0.15) is 6.04 Å². The minimum atomic E-state index is -0.253. The van der Waals surface area contributed by atoms with Gasteiger partial charge in [0.25, 0.3) is 0 Å². The standard InChI is InChI=1S/C24H24N4O/c1-15-8-7-11-17(12-15)22-26-23-25-18-13-24(2,3)14-19(29)20(18)21(28(23)27-22)16-9-5-4-6-10-16/h4-12,21H,13-14H2,1-3H3,(H,25,26,27). The summed E-state index contributed by atoms with van der Waals surface area (Å²) in [7, 11) is 0. The summed E-state index contributed by atoms with van der Waals surface area (Å²) >= 11 is 0. The number of hydrogen-bond acceptors (Lipinski definition) is 4. The highest BCUT2D eigenvalue weighted by molar-refractivity contribution is 6.00. The quantitative estimate of drug-likeness (QED) is 0.682. The molecule has 1 unspecified atom stereocenters. The number of rotatable bonds is 2. The predicted octanol–water partition coefficient (Wildman–Crippen LogP) is 4.91. The highest BCUT2D eigenvalue weighted by atomic mass is 16.1. The average Bonchev–Trinajstić information content (AvgIpc) is 3.10. The molecule has 0 bridgehead atoms. The number of fused-ring (bicyclic) bond motifs is 1. The van der Waals surface area contributed by atoms with Crippen LogP contribution in [0.5, 0.6) is 0 Å². The fraction of sp³-hybridized carbons (Fsp3) is 0.292. The van der Waals surface area contributed by atoms with Gasteiger partial charge in [-0.2, -0.15) is 4.98 Å². The molecule has 1 atom stereocenters. The van der Waals surface area contributed by atoms with Gasteiger partial charge in [0.05, 0.1) is 0 Å². The smallest absolute Gasteiger partial charge is 0.226 e. The van der Waals surface area contributed by atoms with Gasteiger partial charge in [0.15, 0.2) is 11.6 Å². The average molecular weight is 384 g/mol. The molecule has 2 aromatic carbocycles. The molecular weight excluding hydrogens is 360 g/mol. The van der Waals surface area contributed by atoms with Gasteiger partial charge in [-0.3, -0.25) is 4.79 Å². The maximum Gasteiger partial charge on any atom is 0.226 e. The Morgan fingerprint density at radius 3 is 2.62 bits per heavy atom. The normalized spacial score (nSPS) is 20.1. The molecule has 0 saturated carbocycles. The van der Waals surface area contributed by atoms with E-state index in [1.54, 1.807) is 0 Å². The second kappa shape index (κ2) is 6.41. The van der Waals surface area contributed by atoms with Crippen molar-refractivity contribution >= 4 is 11.7 Å². The van der Waals surface area contributed by atoms with Crippen molar-refractivity contribution in [3.05, 3.63) is 77.0 Å². The minimum absolute atomic E-state index is 0.0638. The van der Waals surface area contributed by atoms with E-state index in [-0.39, 0.29) is 17.2 Å². The second-order valence-corrected chi connectivity index (χ2v) is 8.84. The van der Waals surface area contributed by atoms with E-state index in [1.807, 2.05) is 35.0 Å². The van der Waals surface area contributed by atoms with E-state index in [0.717, 1.165) is 34.4 Å². The summed E-state index contributed by atoms with van der Waals surface area (Å²) in [6.45, 7) is 6.35. The highest BCUT2D eigenvalue weighted by Crippen LogP contribution is 2.45. The number of anilines is 1. The lowest BCUT2D eigenvalue weighted by Gasteiger charge is -2.38. The molecular formula is C24H24N4O. The number of benzene rings is 2. The Morgan fingerprint density at radius 1 is 1.07 bits per heavy atom. The Morgan fingerprint density at radius 2 is 1.86 bits per heavy atom. The number of nitrogens with one attached hydrogen (secondary N) is 1. The topological polar surface area (TPSA) is 59.8 Å². The van der Waals surface area contributed by atoms with Gasteiger partial charge in [0.2, 0.25) is 5.95 Å². The molecule has 146 valence electrons. The first kappa shape index (κ1) is 17.9.